The first-order valence-corrected chi connectivity index (χ1v) is 4.03. The van der Waals surface area contributed by atoms with Gasteiger partial charge in [-0.3, -0.25) is 4.79 Å². The van der Waals surface area contributed by atoms with E-state index in [0.29, 0.717) is 6.42 Å². The summed E-state index contributed by atoms with van der Waals surface area (Å²) in [7, 11) is 0. The summed E-state index contributed by atoms with van der Waals surface area (Å²) in [6.07, 6.45) is 1.83. The first-order chi connectivity index (χ1) is 5.15. The first kappa shape index (κ1) is 8.53. The lowest BCUT2D eigenvalue weighted by Gasteiger charge is -2.08. The predicted molar refractivity (Wildman–Crippen MR) is 40.4 cm³/mol. The van der Waals surface area contributed by atoms with E-state index >= 15 is 0 Å². The molecule has 0 aliphatic heterocycles. The molecule has 1 saturated carbocycles. The average Bonchev–Trinajstić information content (AvgIpc) is 2.67. The highest BCUT2D eigenvalue weighted by molar-refractivity contribution is 5.74. The minimum Gasteiger partial charge on any atom is -0.481 e. The fraction of sp³-hybridized carbons (Fsp3) is 0.875. The molecule has 11 heavy (non-hydrogen) atoms. The highest BCUT2D eigenvalue weighted by Gasteiger charge is 2.44. The van der Waals surface area contributed by atoms with Crippen molar-refractivity contribution < 1.29 is 14.6 Å². The van der Waals surface area contributed by atoms with Crippen molar-refractivity contribution in [1.82, 2.24) is 0 Å². The fourth-order valence-electron chi connectivity index (χ4n) is 0.977. The van der Waals surface area contributed by atoms with Crippen LogP contribution in [0.2, 0.25) is 0 Å². The third kappa shape index (κ3) is 2.19. The van der Waals surface area contributed by atoms with E-state index in [2.05, 4.69) is 0 Å². The topological polar surface area (TPSA) is 46.5 Å². The SMILES string of the molecule is CCC(C)OC1CC1C(=O)O. The smallest absolute Gasteiger partial charge is 0.309 e. The Balaban J connectivity index is 2.18. The standard InChI is InChI=1S/C8H14O3/c1-3-5(2)11-7-4-6(7)8(9)10/h5-7H,3-4H2,1-2H3,(H,9,10). The van der Waals surface area contributed by atoms with Crippen LogP contribution in [-0.4, -0.2) is 23.3 Å². The highest BCUT2D eigenvalue weighted by Crippen LogP contribution is 2.34. The molecule has 1 rings (SSSR count). The first-order valence-electron chi connectivity index (χ1n) is 4.03. The summed E-state index contributed by atoms with van der Waals surface area (Å²) >= 11 is 0. The second-order valence-corrected chi connectivity index (χ2v) is 3.07. The molecule has 3 heteroatoms. The maximum atomic E-state index is 10.4. The number of carboxylic acids is 1. The average molecular weight is 158 g/mol. The molecule has 1 fully saturated rings. The quantitative estimate of drug-likeness (QED) is 0.670. The number of hydrogen-bond acceptors (Lipinski definition) is 2. The zero-order valence-electron chi connectivity index (χ0n) is 6.91. The molecule has 0 aromatic carbocycles. The van der Waals surface area contributed by atoms with Crippen LogP contribution in [0.15, 0.2) is 0 Å². The minimum atomic E-state index is -0.724. The van der Waals surface area contributed by atoms with E-state index in [1.807, 2.05) is 13.8 Å². The van der Waals surface area contributed by atoms with Gasteiger partial charge in [0.2, 0.25) is 0 Å². The van der Waals surface area contributed by atoms with Crippen molar-refractivity contribution in [2.75, 3.05) is 0 Å². The van der Waals surface area contributed by atoms with Crippen molar-refractivity contribution in [3.63, 3.8) is 0 Å². The van der Waals surface area contributed by atoms with E-state index < -0.39 is 5.97 Å². The van der Waals surface area contributed by atoms with Crippen LogP contribution in [0, 0.1) is 5.92 Å². The lowest BCUT2D eigenvalue weighted by atomic mass is 10.3. The Morgan fingerprint density at radius 3 is 2.82 bits per heavy atom. The van der Waals surface area contributed by atoms with Crippen LogP contribution < -0.4 is 0 Å². The Morgan fingerprint density at radius 1 is 1.82 bits per heavy atom. The zero-order valence-corrected chi connectivity index (χ0v) is 6.91. The molecule has 3 atom stereocenters. The Morgan fingerprint density at radius 2 is 2.45 bits per heavy atom. The summed E-state index contributed by atoms with van der Waals surface area (Å²) in [5.41, 5.74) is 0. The normalized spacial score (nSPS) is 31.5. The molecule has 0 amide bonds. The summed E-state index contributed by atoms with van der Waals surface area (Å²) in [6.45, 7) is 4.00. The summed E-state index contributed by atoms with van der Waals surface area (Å²) in [6, 6.07) is 0. The zero-order chi connectivity index (χ0) is 8.43. The molecule has 1 aliphatic carbocycles. The molecule has 1 N–H and O–H groups in total. The maximum Gasteiger partial charge on any atom is 0.309 e. The van der Waals surface area contributed by atoms with Crippen LogP contribution >= 0.6 is 0 Å². The maximum absolute atomic E-state index is 10.4. The molecule has 64 valence electrons. The van der Waals surface area contributed by atoms with Crippen molar-refractivity contribution in [1.29, 1.82) is 0 Å². The van der Waals surface area contributed by atoms with E-state index in [1.54, 1.807) is 0 Å². The molecular formula is C8H14O3. The Hall–Kier alpha value is -0.570. The van der Waals surface area contributed by atoms with Gasteiger partial charge in [0.1, 0.15) is 0 Å². The van der Waals surface area contributed by atoms with Crippen molar-refractivity contribution in [2.45, 2.75) is 38.9 Å². The van der Waals surface area contributed by atoms with E-state index in [-0.39, 0.29) is 18.1 Å². The van der Waals surface area contributed by atoms with Crippen molar-refractivity contribution in [3.8, 4) is 0 Å². The van der Waals surface area contributed by atoms with Gasteiger partial charge in [0.25, 0.3) is 0 Å². The molecule has 1 aliphatic rings. The Labute approximate surface area is 66.4 Å². The lowest BCUT2D eigenvalue weighted by Crippen LogP contribution is -2.12. The summed E-state index contributed by atoms with van der Waals surface area (Å²) in [5, 5.41) is 8.53. The van der Waals surface area contributed by atoms with Crippen LogP contribution in [0.1, 0.15) is 26.7 Å². The number of aliphatic carboxylic acids is 1. The second kappa shape index (κ2) is 3.22. The highest BCUT2D eigenvalue weighted by atomic mass is 16.5. The van der Waals surface area contributed by atoms with Gasteiger partial charge >= 0.3 is 5.97 Å². The van der Waals surface area contributed by atoms with Crippen molar-refractivity contribution >= 4 is 5.97 Å². The van der Waals surface area contributed by atoms with Crippen LogP contribution in [0.4, 0.5) is 0 Å². The Kier molecular flexibility index (Phi) is 2.49. The monoisotopic (exact) mass is 158 g/mol. The molecule has 0 bridgehead atoms. The molecule has 0 spiro atoms. The summed E-state index contributed by atoms with van der Waals surface area (Å²) in [5.74, 6) is -0.956. The molecule has 0 heterocycles. The fourth-order valence-corrected chi connectivity index (χ4v) is 0.977. The van der Waals surface area contributed by atoms with Gasteiger partial charge in [-0.1, -0.05) is 6.92 Å². The van der Waals surface area contributed by atoms with Crippen LogP contribution in [0.3, 0.4) is 0 Å². The van der Waals surface area contributed by atoms with E-state index in [0.717, 1.165) is 6.42 Å². The third-order valence-electron chi connectivity index (χ3n) is 2.03. The van der Waals surface area contributed by atoms with Crippen LogP contribution in [0.5, 0.6) is 0 Å². The van der Waals surface area contributed by atoms with Gasteiger partial charge < -0.3 is 9.84 Å². The molecule has 0 aromatic heterocycles. The molecule has 0 radical (unpaired) electrons. The van der Waals surface area contributed by atoms with Gasteiger partial charge in [0, 0.05) is 0 Å². The van der Waals surface area contributed by atoms with Gasteiger partial charge in [0.05, 0.1) is 18.1 Å². The molecule has 0 saturated heterocycles. The minimum absolute atomic E-state index is 0.0116. The number of hydrogen-bond donors (Lipinski definition) is 1. The Bertz CT molecular complexity index is 155. The number of carbonyl (C=O) groups is 1. The van der Waals surface area contributed by atoms with Gasteiger partial charge in [-0.25, -0.2) is 0 Å². The summed E-state index contributed by atoms with van der Waals surface area (Å²) < 4.78 is 5.40. The van der Waals surface area contributed by atoms with Gasteiger partial charge in [-0.2, -0.15) is 0 Å². The molecule has 0 aromatic rings. The second-order valence-electron chi connectivity index (χ2n) is 3.07. The number of rotatable bonds is 4. The predicted octanol–water partition coefficient (Wildman–Crippen LogP) is 1.27. The largest absolute Gasteiger partial charge is 0.481 e. The van der Waals surface area contributed by atoms with Crippen molar-refractivity contribution in [3.05, 3.63) is 0 Å². The van der Waals surface area contributed by atoms with Crippen LogP contribution in [-0.2, 0) is 9.53 Å². The van der Waals surface area contributed by atoms with Crippen molar-refractivity contribution in [2.24, 2.45) is 5.92 Å². The van der Waals surface area contributed by atoms with E-state index in [1.165, 1.54) is 0 Å². The van der Waals surface area contributed by atoms with E-state index in [4.69, 9.17) is 9.84 Å². The number of ether oxygens (including phenoxy) is 1. The van der Waals surface area contributed by atoms with E-state index in [9.17, 15) is 4.79 Å². The van der Waals surface area contributed by atoms with Gasteiger partial charge in [-0.15, -0.1) is 0 Å². The molecule has 3 nitrogen and oxygen atoms in total. The van der Waals surface area contributed by atoms with Gasteiger partial charge in [0.15, 0.2) is 0 Å². The molecule has 3 unspecified atom stereocenters. The number of carboxylic acid groups (broad SMARTS) is 1. The van der Waals surface area contributed by atoms with Gasteiger partial charge in [-0.05, 0) is 19.8 Å². The third-order valence-corrected chi connectivity index (χ3v) is 2.03. The molecular weight excluding hydrogens is 144 g/mol. The summed E-state index contributed by atoms with van der Waals surface area (Å²) in [4.78, 5) is 10.4. The van der Waals surface area contributed by atoms with Crippen LogP contribution in [0.25, 0.3) is 0 Å². The lowest BCUT2D eigenvalue weighted by molar-refractivity contribution is -0.139.